The van der Waals surface area contributed by atoms with Gasteiger partial charge >= 0.3 is 5.97 Å². The van der Waals surface area contributed by atoms with Crippen LogP contribution < -0.4 is 14.2 Å². The van der Waals surface area contributed by atoms with Crippen LogP contribution in [-0.4, -0.2) is 41.4 Å². The molecule has 1 aromatic heterocycles. The van der Waals surface area contributed by atoms with Crippen LogP contribution in [0.3, 0.4) is 0 Å². The number of aromatic nitrogens is 2. The van der Waals surface area contributed by atoms with Crippen LogP contribution in [0.4, 0.5) is 0 Å². The Hall–Kier alpha value is -2.57. The first-order valence-corrected chi connectivity index (χ1v) is 7.90. The van der Waals surface area contributed by atoms with E-state index in [1.165, 1.54) is 6.20 Å². The Labute approximate surface area is 139 Å². The van der Waals surface area contributed by atoms with E-state index in [-0.39, 0.29) is 6.10 Å². The molecule has 2 unspecified atom stereocenters. The van der Waals surface area contributed by atoms with Gasteiger partial charge in [-0.3, -0.25) is 4.79 Å². The molecule has 1 heterocycles. The summed E-state index contributed by atoms with van der Waals surface area (Å²) in [5.74, 6) is 0.137. The lowest BCUT2D eigenvalue weighted by Gasteiger charge is -2.28. The van der Waals surface area contributed by atoms with Crippen LogP contribution >= 0.6 is 0 Å². The van der Waals surface area contributed by atoms with E-state index in [9.17, 15) is 9.90 Å². The molecule has 1 fully saturated rings. The van der Waals surface area contributed by atoms with Gasteiger partial charge in [-0.15, -0.1) is 0 Å². The van der Waals surface area contributed by atoms with Gasteiger partial charge in [0, 0.05) is 12.1 Å². The molecule has 1 saturated carbocycles. The summed E-state index contributed by atoms with van der Waals surface area (Å²) in [7, 11) is 3.11. The number of methoxy groups -OCH3 is 2. The lowest BCUT2D eigenvalue weighted by Crippen LogP contribution is -2.35. The molecule has 2 atom stereocenters. The highest BCUT2D eigenvalue weighted by atomic mass is 16.5. The first-order chi connectivity index (χ1) is 11.6. The first kappa shape index (κ1) is 16.3. The molecule has 3 rings (SSSR count). The second-order valence-corrected chi connectivity index (χ2v) is 5.79. The Balaban J connectivity index is 1.88. The number of hydrogen-bond donors (Lipinski definition) is 1. The van der Waals surface area contributed by atoms with Crippen molar-refractivity contribution in [2.45, 2.75) is 31.8 Å². The number of rotatable bonds is 5. The summed E-state index contributed by atoms with van der Waals surface area (Å²) in [5, 5.41) is 9.34. The third-order valence-corrected chi connectivity index (χ3v) is 4.32. The van der Waals surface area contributed by atoms with Crippen LogP contribution in [0.1, 0.15) is 25.7 Å². The zero-order chi connectivity index (χ0) is 17.1. The Kier molecular flexibility index (Phi) is 4.69. The molecule has 1 aliphatic rings. The van der Waals surface area contributed by atoms with Crippen LogP contribution in [-0.2, 0) is 4.79 Å². The molecule has 2 aromatic rings. The van der Waals surface area contributed by atoms with E-state index in [0.717, 1.165) is 12.8 Å². The Bertz CT molecular complexity index is 749. The summed E-state index contributed by atoms with van der Waals surface area (Å²) in [5.41, 5.74) is 1.26. The van der Waals surface area contributed by atoms with Gasteiger partial charge in [0.2, 0.25) is 5.88 Å². The lowest BCUT2D eigenvalue weighted by molar-refractivity contribution is -0.146. The summed E-state index contributed by atoms with van der Waals surface area (Å²) < 4.78 is 16.4. The number of carboxylic acids is 1. The van der Waals surface area contributed by atoms with Gasteiger partial charge in [0.1, 0.15) is 6.10 Å². The maximum absolute atomic E-state index is 11.4. The normalized spacial score (nSPS) is 20.6. The number of carbonyl (C=O) groups is 1. The fourth-order valence-corrected chi connectivity index (χ4v) is 3.06. The first-order valence-electron chi connectivity index (χ1n) is 7.90. The van der Waals surface area contributed by atoms with Crippen molar-refractivity contribution < 1.29 is 24.1 Å². The average Bonchev–Trinajstić information content (AvgIpc) is 2.60. The summed E-state index contributed by atoms with van der Waals surface area (Å²) in [6, 6.07) is 3.47. The lowest BCUT2D eigenvalue weighted by atomic mass is 9.86. The monoisotopic (exact) mass is 332 g/mol. The van der Waals surface area contributed by atoms with Gasteiger partial charge in [-0.2, -0.15) is 0 Å². The maximum atomic E-state index is 11.4. The van der Waals surface area contributed by atoms with Crippen LogP contribution in [0.15, 0.2) is 18.3 Å². The van der Waals surface area contributed by atoms with Gasteiger partial charge in [0.25, 0.3) is 0 Å². The quantitative estimate of drug-likeness (QED) is 0.900. The summed E-state index contributed by atoms with van der Waals surface area (Å²) in [6.45, 7) is 0. The molecule has 0 amide bonds. The van der Waals surface area contributed by atoms with Crippen molar-refractivity contribution in [1.29, 1.82) is 0 Å². The Morgan fingerprint density at radius 2 is 1.79 bits per heavy atom. The van der Waals surface area contributed by atoms with Crippen LogP contribution in [0.25, 0.3) is 11.0 Å². The molecule has 1 N–H and O–H groups in total. The Morgan fingerprint density at radius 1 is 1.12 bits per heavy atom. The van der Waals surface area contributed by atoms with Crippen molar-refractivity contribution in [2.24, 2.45) is 5.92 Å². The highest BCUT2D eigenvalue weighted by Gasteiger charge is 2.32. The molecule has 1 aromatic carbocycles. The fraction of sp³-hybridized carbons (Fsp3) is 0.471. The van der Waals surface area contributed by atoms with Crippen molar-refractivity contribution in [3.8, 4) is 17.4 Å². The fourth-order valence-electron chi connectivity index (χ4n) is 3.06. The van der Waals surface area contributed by atoms with E-state index >= 15 is 0 Å². The molecule has 0 aliphatic heterocycles. The van der Waals surface area contributed by atoms with Crippen molar-refractivity contribution in [3.05, 3.63) is 18.3 Å². The number of carboxylic acid groups (broad SMARTS) is 1. The van der Waals surface area contributed by atoms with Gasteiger partial charge in [-0.1, -0.05) is 6.42 Å². The minimum atomic E-state index is -0.820. The van der Waals surface area contributed by atoms with Gasteiger partial charge in [-0.25, -0.2) is 9.97 Å². The molecular weight excluding hydrogens is 312 g/mol. The van der Waals surface area contributed by atoms with Crippen LogP contribution in [0.5, 0.6) is 17.4 Å². The van der Waals surface area contributed by atoms with Crippen molar-refractivity contribution >= 4 is 17.0 Å². The predicted octanol–water partition coefficient (Wildman–Crippen LogP) is 2.67. The van der Waals surface area contributed by atoms with E-state index in [1.807, 2.05) is 0 Å². The number of aliphatic carboxylic acids is 1. The minimum absolute atomic E-state index is 0.327. The SMILES string of the molecule is COc1cc2ncc(OC3CCCCC3C(=O)O)nc2cc1OC. The molecule has 128 valence electrons. The predicted molar refractivity (Wildman–Crippen MR) is 86.7 cm³/mol. The third-order valence-electron chi connectivity index (χ3n) is 4.32. The topological polar surface area (TPSA) is 90.8 Å². The standard InChI is InChI=1S/C17H20N2O5/c1-22-14-7-11-12(8-15(14)23-2)19-16(9-18-11)24-13-6-4-3-5-10(13)17(20)21/h7-10,13H,3-6H2,1-2H3,(H,20,21). The molecule has 7 heteroatoms. The highest BCUT2D eigenvalue weighted by molar-refractivity contribution is 5.79. The van der Waals surface area contributed by atoms with Crippen molar-refractivity contribution in [2.75, 3.05) is 14.2 Å². The van der Waals surface area contributed by atoms with E-state index < -0.39 is 11.9 Å². The zero-order valence-corrected chi connectivity index (χ0v) is 13.7. The minimum Gasteiger partial charge on any atom is -0.493 e. The summed E-state index contributed by atoms with van der Waals surface area (Å²) in [6.07, 6.45) is 4.36. The zero-order valence-electron chi connectivity index (χ0n) is 13.7. The number of ether oxygens (including phenoxy) is 3. The van der Waals surface area contributed by atoms with Crippen molar-refractivity contribution in [1.82, 2.24) is 9.97 Å². The number of fused-ring (bicyclic) bond motifs is 1. The largest absolute Gasteiger partial charge is 0.493 e. The average molecular weight is 332 g/mol. The molecule has 7 nitrogen and oxygen atoms in total. The van der Waals surface area contributed by atoms with E-state index in [2.05, 4.69) is 9.97 Å². The molecule has 0 bridgehead atoms. The van der Waals surface area contributed by atoms with E-state index in [1.54, 1.807) is 26.4 Å². The number of hydrogen-bond acceptors (Lipinski definition) is 6. The Morgan fingerprint density at radius 3 is 2.46 bits per heavy atom. The molecular formula is C17H20N2O5. The third kappa shape index (κ3) is 3.20. The second-order valence-electron chi connectivity index (χ2n) is 5.79. The second kappa shape index (κ2) is 6.90. The molecule has 0 saturated heterocycles. The molecule has 0 radical (unpaired) electrons. The number of nitrogens with zero attached hydrogens (tertiary/aromatic N) is 2. The smallest absolute Gasteiger partial charge is 0.310 e. The van der Waals surface area contributed by atoms with E-state index in [4.69, 9.17) is 14.2 Å². The maximum Gasteiger partial charge on any atom is 0.310 e. The highest BCUT2D eigenvalue weighted by Crippen LogP contribution is 2.32. The van der Waals surface area contributed by atoms with Gasteiger partial charge in [-0.05, 0) is 19.3 Å². The molecule has 1 aliphatic carbocycles. The summed E-state index contributed by atoms with van der Waals surface area (Å²) in [4.78, 5) is 20.1. The van der Waals surface area contributed by atoms with Gasteiger partial charge in [0.05, 0.1) is 37.4 Å². The van der Waals surface area contributed by atoms with Gasteiger partial charge < -0.3 is 19.3 Å². The van der Waals surface area contributed by atoms with Crippen LogP contribution in [0.2, 0.25) is 0 Å². The molecule has 0 spiro atoms. The summed E-state index contributed by atoms with van der Waals surface area (Å²) >= 11 is 0. The van der Waals surface area contributed by atoms with Crippen LogP contribution in [0, 0.1) is 5.92 Å². The number of benzene rings is 1. The van der Waals surface area contributed by atoms with Gasteiger partial charge in [0.15, 0.2) is 11.5 Å². The van der Waals surface area contributed by atoms with Crippen molar-refractivity contribution in [3.63, 3.8) is 0 Å². The molecule has 24 heavy (non-hydrogen) atoms. The van der Waals surface area contributed by atoms with E-state index in [0.29, 0.717) is 41.3 Å².